The van der Waals surface area contributed by atoms with Crippen LogP contribution in [0.2, 0.25) is 0 Å². The van der Waals surface area contributed by atoms with E-state index >= 15 is 0 Å². The Hall–Kier alpha value is -1.40. The molecule has 0 saturated heterocycles. The smallest absolute Gasteiger partial charge is 0.369 e. The summed E-state index contributed by atoms with van der Waals surface area (Å²) in [5.41, 5.74) is -2.66. The zero-order valence-electron chi connectivity index (χ0n) is 17.6. The van der Waals surface area contributed by atoms with Gasteiger partial charge in [-0.2, -0.15) is 13.2 Å². The first-order chi connectivity index (χ1) is 13.6. The zero-order valence-corrected chi connectivity index (χ0v) is 17.6. The Bertz CT molecular complexity index is 614. The molecule has 0 spiro atoms. The molecular formula is C22H33F6N. The van der Waals surface area contributed by atoms with Crippen molar-refractivity contribution in [1.82, 2.24) is 0 Å². The van der Waals surface area contributed by atoms with E-state index in [4.69, 9.17) is 0 Å². The quantitative estimate of drug-likeness (QED) is 0.175. The van der Waals surface area contributed by atoms with Crippen molar-refractivity contribution < 1.29 is 26.3 Å². The van der Waals surface area contributed by atoms with Crippen LogP contribution in [0.5, 0.6) is 0 Å². The fourth-order valence-electron chi connectivity index (χ4n) is 3.60. The Morgan fingerprint density at radius 2 is 1.45 bits per heavy atom. The summed E-state index contributed by atoms with van der Waals surface area (Å²) in [6.07, 6.45) is 3.42. The predicted octanol–water partition coefficient (Wildman–Crippen LogP) is 8.12. The van der Waals surface area contributed by atoms with Crippen LogP contribution in [-0.2, 0) is 6.18 Å². The summed E-state index contributed by atoms with van der Waals surface area (Å²) in [6.45, 7) is 6.63. The summed E-state index contributed by atoms with van der Waals surface area (Å²) in [4.78, 5) is 1.44. The molecule has 0 heterocycles. The summed E-state index contributed by atoms with van der Waals surface area (Å²) in [7, 11) is 0. The lowest BCUT2D eigenvalue weighted by molar-refractivity contribution is -0.142. The third-order valence-corrected chi connectivity index (χ3v) is 5.11. The van der Waals surface area contributed by atoms with Crippen LogP contribution in [0.15, 0.2) is 6.07 Å². The molecule has 1 nitrogen and oxygen atoms in total. The molecule has 1 aromatic carbocycles. The summed E-state index contributed by atoms with van der Waals surface area (Å²) < 4.78 is 81.5. The minimum atomic E-state index is -5.30. The minimum absolute atomic E-state index is 0.0893. The van der Waals surface area contributed by atoms with Gasteiger partial charge in [0, 0.05) is 19.2 Å². The average molecular weight is 426 g/mol. The van der Waals surface area contributed by atoms with Gasteiger partial charge in [0.15, 0.2) is 17.5 Å². The van der Waals surface area contributed by atoms with Crippen LogP contribution < -0.4 is 4.90 Å². The fraction of sp³-hybridized carbons (Fsp3) is 0.727. The molecule has 0 saturated carbocycles. The van der Waals surface area contributed by atoms with E-state index in [0.29, 0.717) is 25.6 Å². The number of benzene rings is 1. The van der Waals surface area contributed by atoms with Crippen molar-refractivity contribution in [3.8, 4) is 0 Å². The average Bonchev–Trinajstić information content (AvgIpc) is 2.62. The highest BCUT2D eigenvalue weighted by molar-refractivity contribution is 5.52. The van der Waals surface area contributed by atoms with Crippen molar-refractivity contribution in [1.29, 1.82) is 0 Å². The van der Waals surface area contributed by atoms with Crippen LogP contribution in [0.1, 0.15) is 84.1 Å². The minimum Gasteiger partial charge on any atom is -0.369 e. The summed E-state index contributed by atoms with van der Waals surface area (Å²) in [6, 6.07) is 0.555. The maximum absolute atomic E-state index is 14.6. The molecule has 1 unspecified atom stereocenters. The van der Waals surface area contributed by atoms with Crippen LogP contribution in [0.3, 0.4) is 0 Å². The number of nitrogens with zero attached hydrogens (tertiary/aromatic N) is 1. The Morgan fingerprint density at radius 3 is 2.00 bits per heavy atom. The van der Waals surface area contributed by atoms with Crippen LogP contribution in [0.25, 0.3) is 0 Å². The van der Waals surface area contributed by atoms with E-state index in [1.54, 1.807) is 0 Å². The number of unbranched alkanes of at least 4 members (excludes halogenated alkanes) is 6. The van der Waals surface area contributed by atoms with Crippen LogP contribution >= 0.6 is 0 Å². The monoisotopic (exact) mass is 425 g/mol. The second-order valence-corrected chi connectivity index (χ2v) is 7.84. The molecule has 1 rings (SSSR count). The van der Waals surface area contributed by atoms with E-state index < -0.39 is 34.9 Å². The number of hydrogen-bond acceptors (Lipinski definition) is 1. The Kier molecular flexibility index (Phi) is 10.9. The van der Waals surface area contributed by atoms with Crippen molar-refractivity contribution in [2.75, 3.05) is 18.0 Å². The van der Waals surface area contributed by atoms with Crippen molar-refractivity contribution in [2.45, 2.75) is 84.7 Å². The Morgan fingerprint density at radius 1 is 0.862 bits per heavy atom. The van der Waals surface area contributed by atoms with Crippen molar-refractivity contribution >= 4 is 5.69 Å². The molecule has 7 heteroatoms. The van der Waals surface area contributed by atoms with Gasteiger partial charge in [-0.25, -0.2) is 13.2 Å². The van der Waals surface area contributed by atoms with Gasteiger partial charge in [-0.1, -0.05) is 65.7 Å². The number of halogens is 6. The van der Waals surface area contributed by atoms with E-state index in [-0.39, 0.29) is 5.92 Å². The third kappa shape index (κ3) is 8.09. The fourth-order valence-corrected chi connectivity index (χ4v) is 3.60. The molecule has 0 bridgehead atoms. The molecule has 29 heavy (non-hydrogen) atoms. The number of anilines is 1. The molecule has 0 aliphatic carbocycles. The lowest BCUT2D eigenvalue weighted by Gasteiger charge is -2.29. The number of alkyl halides is 3. The molecule has 0 N–H and O–H groups in total. The van der Waals surface area contributed by atoms with Crippen molar-refractivity contribution in [3.05, 3.63) is 29.1 Å². The lowest BCUT2D eigenvalue weighted by atomic mass is 10.0. The van der Waals surface area contributed by atoms with Gasteiger partial charge in [0.05, 0.1) is 5.69 Å². The molecule has 0 aliphatic heterocycles. The van der Waals surface area contributed by atoms with Gasteiger partial charge in [-0.15, -0.1) is 0 Å². The SMILES string of the molecule is CCCCCCCCCN(CC(C)CCC)c1cc(F)c(F)c(C(F)(F)F)c1F. The second-order valence-electron chi connectivity index (χ2n) is 7.84. The maximum Gasteiger partial charge on any atom is 0.422 e. The van der Waals surface area contributed by atoms with Crippen molar-refractivity contribution in [3.63, 3.8) is 0 Å². The van der Waals surface area contributed by atoms with Gasteiger partial charge in [0.2, 0.25) is 0 Å². The van der Waals surface area contributed by atoms with Gasteiger partial charge in [-0.05, 0) is 18.8 Å². The third-order valence-electron chi connectivity index (χ3n) is 5.11. The number of rotatable bonds is 13. The van der Waals surface area contributed by atoms with Gasteiger partial charge in [0.25, 0.3) is 0 Å². The molecule has 0 fully saturated rings. The highest BCUT2D eigenvalue weighted by atomic mass is 19.4. The van der Waals surface area contributed by atoms with E-state index in [9.17, 15) is 26.3 Å². The van der Waals surface area contributed by atoms with Crippen LogP contribution in [-0.4, -0.2) is 13.1 Å². The summed E-state index contributed by atoms with van der Waals surface area (Å²) in [5, 5.41) is 0. The van der Waals surface area contributed by atoms with Crippen molar-refractivity contribution in [2.24, 2.45) is 5.92 Å². The predicted molar refractivity (Wildman–Crippen MR) is 106 cm³/mol. The first-order valence-electron chi connectivity index (χ1n) is 10.6. The summed E-state index contributed by atoms with van der Waals surface area (Å²) >= 11 is 0. The maximum atomic E-state index is 14.6. The molecular weight excluding hydrogens is 392 g/mol. The summed E-state index contributed by atoms with van der Waals surface area (Å²) in [5.74, 6) is -5.51. The van der Waals surface area contributed by atoms with E-state index in [1.807, 2.05) is 13.8 Å². The molecule has 0 aliphatic rings. The highest BCUT2D eigenvalue weighted by Crippen LogP contribution is 2.38. The zero-order chi connectivity index (χ0) is 22.0. The largest absolute Gasteiger partial charge is 0.422 e. The molecule has 168 valence electrons. The normalized spacial score (nSPS) is 13.0. The first kappa shape index (κ1) is 25.6. The van der Waals surface area contributed by atoms with Crippen LogP contribution in [0.4, 0.5) is 32.0 Å². The number of hydrogen-bond donors (Lipinski definition) is 0. The first-order valence-corrected chi connectivity index (χ1v) is 10.6. The van der Waals surface area contributed by atoms with E-state index in [2.05, 4.69) is 6.92 Å². The molecule has 0 amide bonds. The van der Waals surface area contributed by atoms with Crippen LogP contribution in [0, 0.1) is 23.4 Å². The van der Waals surface area contributed by atoms with Gasteiger partial charge in [0.1, 0.15) is 5.56 Å². The highest BCUT2D eigenvalue weighted by Gasteiger charge is 2.41. The second kappa shape index (κ2) is 12.3. The Balaban J connectivity index is 3.02. The van der Waals surface area contributed by atoms with Gasteiger partial charge >= 0.3 is 6.18 Å². The lowest BCUT2D eigenvalue weighted by Crippen LogP contribution is -2.31. The molecule has 0 aromatic heterocycles. The Labute approximate surface area is 170 Å². The van der Waals surface area contributed by atoms with Gasteiger partial charge in [-0.3, -0.25) is 0 Å². The molecule has 1 atom stereocenters. The topological polar surface area (TPSA) is 3.24 Å². The standard InChI is InChI=1S/C22H33F6N/c1-4-6-7-8-9-10-11-13-29(15-16(3)12-5-2)18-14-17(23)20(24)19(21(18)25)22(26,27)28/h14,16H,4-13,15H2,1-3H3. The van der Waals surface area contributed by atoms with Gasteiger partial charge < -0.3 is 4.90 Å². The van der Waals surface area contributed by atoms with E-state index in [1.165, 1.54) is 11.3 Å². The molecule has 1 aromatic rings. The molecule has 0 radical (unpaired) electrons. The van der Waals surface area contributed by atoms with E-state index in [0.717, 1.165) is 44.9 Å².